The lowest BCUT2D eigenvalue weighted by Gasteiger charge is -2.32. The number of rotatable bonds is 9. The number of benzene rings is 3. The highest BCUT2D eigenvalue weighted by Crippen LogP contribution is 2.31. The molecule has 3 amide bonds. The third-order valence-corrected chi connectivity index (χ3v) is 6.36. The summed E-state index contributed by atoms with van der Waals surface area (Å²) in [7, 11) is 0. The molecule has 1 heterocycles. The number of carbonyl (C=O) groups is 3. The third-order valence-electron chi connectivity index (χ3n) is 6.36. The molecule has 192 valence electrons. The SMILES string of the molecule is CC(=O)NCCCCOc1ccccc1C(=O)NC1CCCc2ccccc2N1C(=O)c1ccccc1. The Balaban J connectivity index is 1.52. The van der Waals surface area contributed by atoms with Gasteiger partial charge in [-0.25, -0.2) is 0 Å². The van der Waals surface area contributed by atoms with Crippen molar-refractivity contribution >= 4 is 23.4 Å². The normalized spacial score (nSPS) is 14.7. The van der Waals surface area contributed by atoms with Gasteiger partial charge in [0.1, 0.15) is 11.9 Å². The van der Waals surface area contributed by atoms with Crippen LogP contribution in [0.15, 0.2) is 78.9 Å². The minimum atomic E-state index is -0.505. The first-order valence-corrected chi connectivity index (χ1v) is 12.8. The highest BCUT2D eigenvalue weighted by atomic mass is 16.5. The monoisotopic (exact) mass is 499 g/mol. The molecule has 7 nitrogen and oxygen atoms in total. The number of carbonyl (C=O) groups excluding carboxylic acids is 3. The second-order valence-electron chi connectivity index (χ2n) is 9.09. The molecule has 0 aromatic heterocycles. The van der Waals surface area contributed by atoms with Crippen LogP contribution in [0.5, 0.6) is 5.75 Å². The summed E-state index contributed by atoms with van der Waals surface area (Å²) in [6, 6.07) is 24.2. The van der Waals surface area contributed by atoms with E-state index in [1.807, 2.05) is 48.5 Å². The average molecular weight is 500 g/mol. The van der Waals surface area contributed by atoms with E-state index in [-0.39, 0.29) is 17.7 Å². The highest BCUT2D eigenvalue weighted by Gasteiger charge is 2.31. The minimum Gasteiger partial charge on any atom is -0.493 e. The van der Waals surface area contributed by atoms with Crippen molar-refractivity contribution in [1.29, 1.82) is 0 Å². The van der Waals surface area contributed by atoms with Gasteiger partial charge in [0.2, 0.25) is 5.91 Å². The fraction of sp³-hybridized carbons (Fsp3) is 0.300. The standard InChI is InChI=1S/C30H33N3O4/c1-22(34)31-20-9-10-21-37-27-18-8-6-16-25(27)29(35)32-28-19-11-15-23-12-5-7-17-26(23)33(28)30(36)24-13-3-2-4-14-24/h2-8,12-14,16-18,28H,9-11,15,19-21H2,1H3,(H,31,34)(H,32,35). The van der Waals surface area contributed by atoms with Crippen molar-refractivity contribution in [3.05, 3.63) is 95.6 Å². The van der Waals surface area contributed by atoms with Crippen molar-refractivity contribution in [2.24, 2.45) is 0 Å². The second kappa shape index (κ2) is 12.7. The van der Waals surface area contributed by atoms with E-state index in [1.54, 1.807) is 35.2 Å². The number of amides is 3. The van der Waals surface area contributed by atoms with Crippen molar-refractivity contribution in [2.75, 3.05) is 18.1 Å². The van der Waals surface area contributed by atoms with Gasteiger partial charge in [0, 0.05) is 24.7 Å². The van der Waals surface area contributed by atoms with Crippen molar-refractivity contribution in [3.63, 3.8) is 0 Å². The molecule has 0 saturated heterocycles. The van der Waals surface area contributed by atoms with Crippen LogP contribution in [-0.4, -0.2) is 37.0 Å². The quantitative estimate of drug-likeness (QED) is 0.417. The topological polar surface area (TPSA) is 87.7 Å². The molecule has 0 spiro atoms. The van der Waals surface area contributed by atoms with Gasteiger partial charge in [0.25, 0.3) is 11.8 Å². The summed E-state index contributed by atoms with van der Waals surface area (Å²) >= 11 is 0. The Morgan fingerprint density at radius 2 is 1.65 bits per heavy atom. The summed E-state index contributed by atoms with van der Waals surface area (Å²) in [5, 5.41) is 5.88. The Morgan fingerprint density at radius 3 is 2.46 bits per heavy atom. The fourth-order valence-electron chi connectivity index (χ4n) is 4.53. The number of hydrogen-bond donors (Lipinski definition) is 2. The van der Waals surface area contributed by atoms with Gasteiger partial charge in [-0.05, 0) is 68.0 Å². The first kappa shape index (κ1) is 25.9. The van der Waals surface area contributed by atoms with Crippen LogP contribution in [0.25, 0.3) is 0 Å². The predicted octanol–water partition coefficient (Wildman–Crippen LogP) is 4.72. The molecular weight excluding hydrogens is 466 g/mol. The molecule has 1 aliphatic heterocycles. The molecule has 0 bridgehead atoms. The summed E-state index contributed by atoms with van der Waals surface area (Å²) in [5.41, 5.74) is 2.91. The van der Waals surface area contributed by atoms with Gasteiger partial charge in [-0.1, -0.05) is 48.5 Å². The van der Waals surface area contributed by atoms with E-state index in [1.165, 1.54) is 6.92 Å². The Morgan fingerprint density at radius 1 is 0.919 bits per heavy atom. The van der Waals surface area contributed by atoms with E-state index in [9.17, 15) is 14.4 Å². The molecule has 3 aromatic rings. The predicted molar refractivity (Wildman–Crippen MR) is 144 cm³/mol. The van der Waals surface area contributed by atoms with Crippen LogP contribution in [0.3, 0.4) is 0 Å². The molecule has 0 aliphatic carbocycles. The molecule has 0 fully saturated rings. The first-order chi connectivity index (χ1) is 18.0. The molecule has 7 heteroatoms. The number of fused-ring (bicyclic) bond motifs is 1. The lowest BCUT2D eigenvalue weighted by molar-refractivity contribution is -0.118. The van der Waals surface area contributed by atoms with Crippen molar-refractivity contribution in [3.8, 4) is 5.75 Å². The Hall–Kier alpha value is -4.13. The molecule has 37 heavy (non-hydrogen) atoms. The lowest BCUT2D eigenvalue weighted by atomic mass is 10.1. The zero-order chi connectivity index (χ0) is 26.0. The van der Waals surface area contributed by atoms with Crippen LogP contribution in [0.1, 0.15) is 58.9 Å². The molecule has 1 atom stereocenters. The summed E-state index contributed by atoms with van der Waals surface area (Å²) in [6.45, 7) is 2.52. The van der Waals surface area contributed by atoms with Gasteiger partial charge in [-0.3, -0.25) is 19.3 Å². The maximum atomic E-state index is 13.7. The third kappa shape index (κ3) is 6.76. The zero-order valence-electron chi connectivity index (χ0n) is 21.1. The zero-order valence-corrected chi connectivity index (χ0v) is 21.1. The molecule has 0 saturated carbocycles. The van der Waals surface area contributed by atoms with Crippen molar-refractivity contribution in [2.45, 2.75) is 45.2 Å². The van der Waals surface area contributed by atoms with E-state index in [0.29, 0.717) is 36.4 Å². The Labute approximate surface area is 217 Å². The molecular formula is C30H33N3O4. The first-order valence-electron chi connectivity index (χ1n) is 12.8. The summed E-state index contributed by atoms with van der Waals surface area (Å²) in [6.07, 6.45) is 3.33. The number of nitrogens with one attached hydrogen (secondary N) is 2. The van der Waals surface area contributed by atoms with E-state index >= 15 is 0 Å². The summed E-state index contributed by atoms with van der Waals surface area (Å²) in [5.74, 6) is 0.00592. The minimum absolute atomic E-state index is 0.0520. The number of nitrogens with zero attached hydrogens (tertiary/aromatic N) is 1. The van der Waals surface area contributed by atoms with E-state index in [2.05, 4.69) is 10.6 Å². The Kier molecular flexibility index (Phi) is 8.92. The molecule has 1 aliphatic rings. The van der Waals surface area contributed by atoms with Crippen LogP contribution >= 0.6 is 0 Å². The van der Waals surface area contributed by atoms with Crippen molar-refractivity contribution in [1.82, 2.24) is 10.6 Å². The van der Waals surface area contributed by atoms with Crippen molar-refractivity contribution < 1.29 is 19.1 Å². The second-order valence-corrected chi connectivity index (χ2v) is 9.09. The Bertz CT molecular complexity index is 1230. The fourth-order valence-corrected chi connectivity index (χ4v) is 4.53. The number of aryl methyl sites for hydroxylation is 1. The van der Waals surface area contributed by atoms with Gasteiger partial charge < -0.3 is 15.4 Å². The van der Waals surface area contributed by atoms with E-state index in [0.717, 1.165) is 36.9 Å². The number of ether oxygens (including phenoxy) is 1. The van der Waals surface area contributed by atoms with E-state index < -0.39 is 6.17 Å². The smallest absolute Gasteiger partial charge is 0.259 e. The number of para-hydroxylation sites is 2. The number of unbranched alkanes of at least 4 members (excludes halogenated alkanes) is 1. The molecule has 1 unspecified atom stereocenters. The van der Waals surface area contributed by atoms with Gasteiger partial charge in [0.05, 0.1) is 12.2 Å². The maximum Gasteiger partial charge on any atom is 0.259 e. The molecule has 4 rings (SSSR count). The molecule has 2 N–H and O–H groups in total. The molecule has 0 radical (unpaired) electrons. The van der Waals surface area contributed by atoms with Crippen LogP contribution in [-0.2, 0) is 11.2 Å². The summed E-state index contributed by atoms with van der Waals surface area (Å²) in [4.78, 5) is 39.9. The van der Waals surface area contributed by atoms with Crippen LogP contribution in [0.2, 0.25) is 0 Å². The average Bonchev–Trinajstić information content (AvgIpc) is 3.09. The number of hydrogen-bond acceptors (Lipinski definition) is 4. The van der Waals surface area contributed by atoms with Crippen LogP contribution in [0, 0.1) is 0 Å². The van der Waals surface area contributed by atoms with Gasteiger partial charge >= 0.3 is 0 Å². The lowest BCUT2D eigenvalue weighted by Crippen LogP contribution is -2.51. The van der Waals surface area contributed by atoms with Crippen LogP contribution < -0.4 is 20.3 Å². The molecule has 3 aromatic carbocycles. The van der Waals surface area contributed by atoms with Gasteiger partial charge in [-0.2, -0.15) is 0 Å². The number of anilines is 1. The maximum absolute atomic E-state index is 13.7. The largest absolute Gasteiger partial charge is 0.493 e. The van der Waals surface area contributed by atoms with Gasteiger partial charge in [0.15, 0.2) is 0 Å². The van der Waals surface area contributed by atoms with E-state index in [4.69, 9.17) is 4.74 Å². The highest BCUT2D eigenvalue weighted by molar-refractivity contribution is 6.07. The summed E-state index contributed by atoms with van der Waals surface area (Å²) < 4.78 is 5.92. The van der Waals surface area contributed by atoms with Gasteiger partial charge in [-0.15, -0.1) is 0 Å². The van der Waals surface area contributed by atoms with Crippen LogP contribution in [0.4, 0.5) is 5.69 Å².